The maximum absolute atomic E-state index is 12.7. The van der Waals surface area contributed by atoms with Gasteiger partial charge < -0.3 is 15.1 Å². The molecule has 0 saturated carbocycles. The first-order valence-electron chi connectivity index (χ1n) is 9.38. The highest BCUT2D eigenvalue weighted by atomic mass is 16.2. The van der Waals surface area contributed by atoms with Crippen molar-refractivity contribution in [3.8, 4) is 0 Å². The Morgan fingerprint density at radius 1 is 1.12 bits per heavy atom. The predicted molar refractivity (Wildman–Crippen MR) is 103 cm³/mol. The summed E-state index contributed by atoms with van der Waals surface area (Å²) in [5.74, 6) is 0.520. The summed E-state index contributed by atoms with van der Waals surface area (Å²) in [6.07, 6.45) is 3.65. The molecule has 0 aliphatic carbocycles. The van der Waals surface area contributed by atoms with Crippen LogP contribution in [0.1, 0.15) is 29.4 Å². The van der Waals surface area contributed by atoms with Gasteiger partial charge in [0, 0.05) is 38.9 Å². The van der Waals surface area contributed by atoms with E-state index in [0.29, 0.717) is 11.6 Å². The molecule has 1 saturated heterocycles. The Morgan fingerprint density at radius 2 is 1.88 bits per heavy atom. The van der Waals surface area contributed by atoms with Crippen LogP contribution in [0.15, 0.2) is 42.6 Å². The molecule has 26 heavy (non-hydrogen) atoms. The normalized spacial score (nSPS) is 15.0. The van der Waals surface area contributed by atoms with Gasteiger partial charge in [-0.05, 0) is 31.0 Å². The summed E-state index contributed by atoms with van der Waals surface area (Å²) in [6.45, 7) is 7.34. The topological polar surface area (TPSA) is 61.4 Å². The van der Waals surface area contributed by atoms with Crippen LogP contribution < -0.4 is 5.32 Å². The van der Waals surface area contributed by atoms with Gasteiger partial charge in [0.2, 0.25) is 5.95 Å². The van der Waals surface area contributed by atoms with Gasteiger partial charge in [0.25, 0.3) is 5.91 Å². The Bertz CT molecular complexity index is 698. The molecule has 1 aliphatic rings. The van der Waals surface area contributed by atoms with E-state index < -0.39 is 0 Å². The predicted octanol–water partition coefficient (Wildman–Crippen LogP) is 2.30. The molecule has 6 heteroatoms. The standard InChI is InChI=1S/C20H27N5O/c1-2-24-13-15-25(16-14-24)19(26)18-10-12-22-20(23-18)21-11-6-9-17-7-4-3-5-8-17/h3-5,7-8,10,12H,2,6,9,11,13-16H2,1H3,(H,21,22,23). The number of anilines is 1. The van der Waals surface area contributed by atoms with E-state index in [4.69, 9.17) is 0 Å². The molecule has 6 nitrogen and oxygen atoms in total. The van der Waals surface area contributed by atoms with Crippen LogP contribution in [0, 0.1) is 0 Å². The number of rotatable bonds is 7. The third-order valence-electron chi connectivity index (χ3n) is 4.75. The minimum absolute atomic E-state index is 0.00418. The number of carbonyl (C=O) groups excluding carboxylic acids is 1. The number of piperazine rings is 1. The summed E-state index contributed by atoms with van der Waals surface area (Å²) < 4.78 is 0. The van der Waals surface area contributed by atoms with Crippen molar-refractivity contribution in [2.45, 2.75) is 19.8 Å². The SMILES string of the molecule is CCN1CCN(C(=O)c2ccnc(NCCCc3ccccc3)n2)CC1. The summed E-state index contributed by atoms with van der Waals surface area (Å²) >= 11 is 0. The van der Waals surface area contributed by atoms with E-state index in [1.807, 2.05) is 11.0 Å². The van der Waals surface area contributed by atoms with Crippen LogP contribution in [0.25, 0.3) is 0 Å². The van der Waals surface area contributed by atoms with Gasteiger partial charge in [0.15, 0.2) is 0 Å². The van der Waals surface area contributed by atoms with Gasteiger partial charge >= 0.3 is 0 Å². The molecule has 0 atom stereocenters. The molecule has 0 unspecified atom stereocenters. The van der Waals surface area contributed by atoms with E-state index in [2.05, 4.69) is 51.4 Å². The zero-order valence-corrected chi connectivity index (χ0v) is 15.4. The Kier molecular flexibility index (Phi) is 6.55. The third-order valence-corrected chi connectivity index (χ3v) is 4.75. The number of likely N-dealkylation sites (N-methyl/N-ethyl adjacent to an activating group) is 1. The van der Waals surface area contributed by atoms with Crippen LogP contribution in [0.3, 0.4) is 0 Å². The van der Waals surface area contributed by atoms with Crippen LogP contribution in [0.5, 0.6) is 0 Å². The molecule has 2 aromatic rings. The lowest BCUT2D eigenvalue weighted by atomic mass is 10.1. The van der Waals surface area contributed by atoms with E-state index in [1.165, 1.54) is 5.56 Å². The number of carbonyl (C=O) groups is 1. The van der Waals surface area contributed by atoms with Crippen LogP contribution >= 0.6 is 0 Å². The maximum Gasteiger partial charge on any atom is 0.272 e. The highest BCUT2D eigenvalue weighted by Gasteiger charge is 2.22. The number of aryl methyl sites for hydroxylation is 1. The largest absolute Gasteiger partial charge is 0.354 e. The number of hydrogen-bond donors (Lipinski definition) is 1. The van der Waals surface area contributed by atoms with Crippen molar-refractivity contribution in [2.75, 3.05) is 44.6 Å². The van der Waals surface area contributed by atoms with Gasteiger partial charge in [0.05, 0.1) is 0 Å². The monoisotopic (exact) mass is 353 g/mol. The van der Waals surface area contributed by atoms with Crippen LogP contribution in [-0.2, 0) is 6.42 Å². The first kappa shape index (κ1) is 18.3. The average molecular weight is 353 g/mol. The quantitative estimate of drug-likeness (QED) is 0.774. The van der Waals surface area contributed by atoms with Crippen molar-refractivity contribution >= 4 is 11.9 Å². The molecule has 0 spiro atoms. The lowest BCUT2D eigenvalue weighted by Crippen LogP contribution is -2.48. The number of hydrogen-bond acceptors (Lipinski definition) is 5. The lowest BCUT2D eigenvalue weighted by molar-refractivity contribution is 0.0637. The first-order valence-corrected chi connectivity index (χ1v) is 9.38. The Balaban J connectivity index is 1.49. The zero-order chi connectivity index (χ0) is 18.2. The van der Waals surface area contributed by atoms with E-state index in [1.54, 1.807) is 12.3 Å². The Labute approximate surface area is 155 Å². The van der Waals surface area contributed by atoms with E-state index >= 15 is 0 Å². The van der Waals surface area contributed by atoms with Gasteiger partial charge in [-0.3, -0.25) is 4.79 Å². The summed E-state index contributed by atoms with van der Waals surface area (Å²) in [5, 5.41) is 3.23. The summed E-state index contributed by atoms with van der Waals surface area (Å²) in [6, 6.07) is 12.1. The van der Waals surface area contributed by atoms with Crippen molar-refractivity contribution in [3.05, 3.63) is 53.9 Å². The van der Waals surface area contributed by atoms with E-state index in [-0.39, 0.29) is 5.91 Å². The fourth-order valence-electron chi connectivity index (χ4n) is 3.13. The molecule has 0 bridgehead atoms. The van der Waals surface area contributed by atoms with Crippen molar-refractivity contribution < 1.29 is 4.79 Å². The molecule has 1 amide bonds. The maximum atomic E-state index is 12.7. The molecular formula is C20H27N5O. The number of nitrogens with zero attached hydrogens (tertiary/aromatic N) is 4. The molecular weight excluding hydrogens is 326 g/mol. The van der Waals surface area contributed by atoms with Gasteiger partial charge in [-0.25, -0.2) is 9.97 Å². The number of nitrogens with one attached hydrogen (secondary N) is 1. The van der Waals surface area contributed by atoms with Crippen molar-refractivity contribution in [1.82, 2.24) is 19.8 Å². The summed E-state index contributed by atoms with van der Waals surface area (Å²) in [5.41, 5.74) is 1.79. The number of amides is 1. The minimum Gasteiger partial charge on any atom is -0.354 e. The molecule has 1 aromatic heterocycles. The molecule has 1 aliphatic heterocycles. The minimum atomic E-state index is -0.00418. The molecule has 1 aromatic carbocycles. The van der Waals surface area contributed by atoms with Gasteiger partial charge in [-0.15, -0.1) is 0 Å². The summed E-state index contributed by atoms with van der Waals surface area (Å²) in [4.78, 5) is 25.5. The first-order chi connectivity index (χ1) is 12.8. The summed E-state index contributed by atoms with van der Waals surface area (Å²) in [7, 11) is 0. The second-order valence-corrected chi connectivity index (χ2v) is 6.51. The van der Waals surface area contributed by atoms with Crippen molar-refractivity contribution in [1.29, 1.82) is 0 Å². The van der Waals surface area contributed by atoms with E-state index in [9.17, 15) is 4.79 Å². The van der Waals surface area contributed by atoms with Crippen LogP contribution in [-0.4, -0.2) is 64.9 Å². The van der Waals surface area contributed by atoms with Crippen LogP contribution in [0.4, 0.5) is 5.95 Å². The zero-order valence-electron chi connectivity index (χ0n) is 15.4. The third kappa shape index (κ3) is 5.02. The smallest absolute Gasteiger partial charge is 0.272 e. The fourth-order valence-corrected chi connectivity index (χ4v) is 3.13. The molecule has 1 fully saturated rings. The Hall–Kier alpha value is -2.47. The molecule has 138 valence electrons. The molecule has 1 N–H and O–H groups in total. The highest BCUT2D eigenvalue weighted by molar-refractivity contribution is 5.92. The number of benzene rings is 1. The van der Waals surface area contributed by atoms with Crippen molar-refractivity contribution in [2.24, 2.45) is 0 Å². The number of aromatic nitrogens is 2. The van der Waals surface area contributed by atoms with Gasteiger partial charge in [-0.2, -0.15) is 0 Å². The molecule has 2 heterocycles. The fraction of sp³-hybridized carbons (Fsp3) is 0.450. The average Bonchev–Trinajstić information content (AvgIpc) is 2.72. The van der Waals surface area contributed by atoms with E-state index in [0.717, 1.165) is 52.1 Å². The van der Waals surface area contributed by atoms with Gasteiger partial charge in [0.1, 0.15) is 5.69 Å². The second-order valence-electron chi connectivity index (χ2n) is 6.51. The highest BCUT2D eigenvalue weighted by Crippen LogP contribution is 2.09. The lowest BCUT2D eigenvalue weighted by Gasteiger charge is -2.33. The molecule has 0 radical (unpaired) electrons. The second kappa shape index (κ2) is 9.29. The van der Waals surface area contributed by atoms with Crippen LogP contribution in [0.2, 0.25) is 0 Å². The van der Waals surface area contributed by atoms with Gasteiger partial charge in [-0.1, -0.05) is 37.3 Å². The Morgan fingerprint density at radius 3 is 2.62 bits per heavy atom. The molecule has 3 rings (SSSR count). The van der Waals surface area contributed by atoms with Crippen molar-refractivity contribution in [3.63, 3.8) is 0 Å².